The summed E-state index contributed by atoms with van der Waals surface area (Å²) in [6.45, 7) is 0. The molecule has 0 aromatic heterocycles. The zero-order valence-corrected chi connectivity index (χ0v) is 11.3. The molecular formula is C10H16N2O3S2. The van der Waals surface area contributed by atoms with Gasteiger partial charge in [-0.15, -0.1) is 0 Å². The van der Waals surface area contributed by atoms with Crippen LogP contribution in [0.15, 0.2) is 0 Å². The van der Waals surface area contributed by atoms with Crippen LogP contribution in [0.25, 0.3) is 0 Å². The van der Waals surface area contributed by atoms with Crippen molar-refractivity contribution in [1.29, 1.82) is 0 Å². The highest BCUT2D eigenvalue weighted by molar-refractivity contribution is 7.91. The second-order valence-electron chi connectivity index (χ2n) is 4.92. The van der Waals surface area contributed by atoms with Gasteiger partial charge in [-0.2, -0.15) is 0 Å². The number of nitrogens with zero attached hydrogens (tertiary/aromatic N) is 1. The predicted molar refractivity (Wildman–Crippen MR) is 68.3 cm³/mol. The first-order valence-electron chi connectivity index (χ1n) is 5.56. The van der Waals surface area contributed by atoms with E-state index in [4.69, 9.17) is 18.0 Å². The van der Waals surface area contributed by atoms with E-state index >= 15 is 0 Å². The molecule has 7 heteroatoms. The van der Waals surface area contributed by atoms with Gasteiger partial charge in [0.2, 0.25) is 5.91 Å². The lowest BCUT2D eigenvalue weighted by molar-refractivity contribution is -0.134. The van der Waals surface area contributed by atoms with E-state index in [2.05, 4.69) is 0 Å². The molecule has 1 aliphatic carbocycles. The molecule has 2 rings (SSSR count). The van der Waals surface area contributed by atoms with E-state index in [0.717, 1.165) is 0 Å². The Kier molecular flexibility index (Phi) is 2.94. The maximum Gasteiger partial charge on any atom is 0.235 e. The molecular weight excluding hydrogens is 260 g/mol. The van der Waals surface area contributed by atoms with Crippen molar-refractivity contribution in [2.45, 2.75) is 25.3 Å². The van der Waals surface area contributed by atoms with Crippen molar-refractivity contribution in [2.24, 2.45) is 11.1 Å². The number of hydrogen-bond donors (Lipinski definition) is 1. The number of carbonyl (C=O) groups excluding carboxylic acids is 1. The van der Waals surface area contributed by atoms with Crippen LogP contribution in [-0.4, -0.2) is 48.8 Å². The number of sulfone groups is 1. The van der Waals surface area contributed by atoms with E-state index in [-0.39, 0.29) is 28.4 Å². The molecule has 2 N–H and O–H groups in total. The monoisotopic (exact) mass is 276 g/mol. The van der Waals surface area contributed by atoms with E-state index in [0.29, 0.717) is 19.3 Å². The number of hydrogen-bond acceptors (Lipinski definition) is 4. The minimum absolute atomic E-state index is 0.0582. The number of amides is 1. The Balaban J connectivity index is 2.09. The standard InChI is InChI=1S/C10H16N2O3S2/c1-12(7-2-5-17(14,15)6-7)9(13)10(3-4-10)8(11)16/h7H,2-6H2,1H3,(H2,11,16). The molecule has 5 nitrogen and oxygen atoms in total. The first-order valence-corrected chi connectivity index (χ1v) is 7.79. The van der Waals surface area contributed by atoms with Crippen LogP contribution in [0.1, 0.15) is 19.3 Å². The summed E-state index contributed by atoms with van der Waals surface area (Å²) in [6.07, 6.45) is 1.88. The maximum absolute atomic E-state index is 12.2. The highest BCUT2D eigenvalue weighted by Gasteiger charge is 2.55. The van der Waals surface area contributed by atoms with Crippen LogP contribution in [0.3, 0.4) is 0 Å². The van der Waals surface area contributed by atoms with Gasteiger partial charge in [0.1, 0.15) is 0 Å². The minimum Gasteiger partial charge on any atom is -0.392 e. The van der Waals surface area contributed by atoms with E-state index in [1.54, 1.807) is 7.05 Å². The zero-order chi connectivity index (χ0) is 12.8. The summed E-state index contributed by atoms with van der Waals surface area (Å²) >= 11 is 4.92. The molecule has 17 heavy (non-hydrogen) atoms. The average molecular weight is 276 g/mol. The highest BCUT2D eigenvalue weighted by Crippen LogP contribution is 2.47. The molecule has 1 saturated carbocycles. The fraction of sp³-hybridized carbons (Fsp3) is 0.800. The van der Waals surface area contributed by atoms with Gasteiger partial charge in [0, 0.05) is 13.1 Å². The van der Waals surface area contributed by atoms with Crippen molar-refractivity contribution in [3.05, 3.63) is 0 Å². The number of thiocarbonyl (C=S) groups is 1. The first-order chi connectivity index (χ1) is 7.78. The van der Waals surface area contributed by atoms with Crippen LogP contribution in [0.4, 0.5) is 0 Å². The van der Waals surface area contributed by atoms with Crippen molar-refractivity contribution in [1.82, 2.24) is 4.90 Å². The molecule has 0 aromatic rings. The summed E-state index contributed by atoms with van der Waals surface area (Å²) < 4.78 is 22.8. The average Bonchev–Trinajstić information content (AvgIpc) is 2.97. The molecule has 2 aliphatic rings. The fourth-order valence-corrected chi connectivity index (χ4v) is 4.34. The topological polar surface area (TPSA) is 80.5 Å². The van der Waals surface area contributed by atoms with Crippen LogP contribution in [-0.2, 0) is 14.6 Å². The Morgan fingerprint density at radius 3 is 2.41 bits per heavy atom. The van der Waals surface area contributed by atoms with E-state index in [1.165, 1.54) is 4.90 Å². The van der Waals surface area contributed by atoms with Gasteiger partial charge >= 0.3 is 0 Å². The van der Waals surface area contributed by atoms with Crippen molar-refractivity contribution in [2.75, 3.05) is 18.6 Å². The summed E-state index contributed by atoms with van der Waals surface area (Å²) in [5, 5.41) is 0. The van der Waals surface area contributed by atoms with Crippen molar-refractivity contribution >= 4 is 33.0 Å². The zero-order valence-electron chi connectivity index (χ0n) is 9.68. The summed E-state index contributed by atoms with van der Waals surface area (Å²) in [4.78, 5) is 14.0. The molecule has 2 fully saturated rings. The Labute approximate surface area is 106 Å². The first kappa shape index (κ1) is 12.8. The Morgan fingerprint density at radius 2 is 2.06 bits per heavy atom. The van der Waals surface area contributed by atoms with Gasteiger partial charge in [-0.3, -0.25) is 4.79 Å². The van der Waals surface area contributed by atoms with Crippen LogP contribution in [0.5, 0.6) is 0 Å². The quantitative estimate of drug-likeness (QED) is 0.716. The number of nitrogens with two attached hydrogens (primary N) is 1. The molecule has 1 amide bonds. The van der Waals surface area contributed by atoms with Gasteiger partial charge in [0.25, 0.3) is 0 Å². The third kappa shape index (κ3) is 2.18. The molecule has 0 aromatic carbocycles. The molecule has 1 heterocycles. The molecule has 96 valence electrons. The third-order valence-corrected chi connectivity index (χ3v) is 5.85. The molecule has 0 radical (unpaired) electrons. The van der Waals surface area contributed by atoms with Gasteiger partial charge in [-0.1, -0.05) is 12.2 Å². The van der Waals surface area contributed by atoms with Gasteiger partial charge < -0.3 is 10.6 Å². The molecule has 1 atom stereocenters. The summed E-state index contributed by atoms with van der Waals surface area (Å²) in [6, 6.07) is -0.223. The highest BCUT2D eigenvalue weighted by atomic mass is 32.2. The molecule has 0 bridgehead atoms. The Morgan fingerprint density at radius 1 is 1.47 bits per heavy atom. The van der Waals surface area contributed by atoms with E-state index < -0.39 is 15.3 Å². The minimum atomic E-state index is -2.98. The van der Waals surface area contributed by atoms with Crippen molar-refractivity contribution in [3.8, 4) is 0 Å². The lowest BCUT2D eigenvalue weighted by atomic mass is 10.0. The molecule has 1 unspecified atom stereocenters. The predicted octanol–water partition coefficient (Wildman–Crippen LogP) is -0.302. The SMILES string of the molecule is CN(C(=O)C1(C(N)=S)CC1)C1CCS(=O)(=O)C1. The molecule has 1 saturated heterocycles. The molecule has 1 aliphatic heterocycles. The normalized spacial score (nSPS) is 28.6. The maximum atomic E-state index is 12.2. The van der Waals surface area contributed by atoms with Gasteiger partial charge in [0.15, 0.2) is 9.84 Å². The summed E-state index contributed by atoms with van der Waals surface area (Å²) in [5.74, 6) is 0.102. The van der Waals surface area contributed by atoms with Crippen LogP contribution >= 0.6 is 12.2 Å². The van der Waals surface area contributed by atoms with Gasteiger partial charge in [-0.05, 0) is 19.3 Å². The largest absolute Gasteiger partial charge is 0.392 e. The Bertz CT molecular complexity index is 468. The summed E-state index contributed by atoms with van der Waals surface area (Å²) in [5.41, 5.74) is 4.91. The van der Waals surface area contributed by atoms with Gasteiger partial charge in [0.05, 0.1) is 21.9 Å². The molecule has 0 spiro atoms. The van der Waals surface area contributed by atoms with Crippen molar-refractivity contribution < 1.29 is 13.2 Å². The van der Waals surface area contributed by atoms with E-state index in [1.807, 2.05) is 0 Å². The number of rotatable bonds is 3. The third-order valence-electron chi connectivity index (χ3n) is 3.71. The van der Waals surface area contributed by atoms with E-state index in [9.17, 15) is 13.2 Å². The lowest BCUT2D eigenvalue weighted by Crippen LogP contribution is -2.46. The van der Waals surface area contributed by atoms with Crippen molar-refractivity contribution in [3.63, 3.8) is 0 Å². The number of carbonyl (C=O) groups is 1. The second kappa shape index (κ2) is 3.91. The van der Waals surface area contributed by atoms with Gasteiger partial charge in [-0.25, -0.2) is 8.42 Å². The summed E-state index contributed by atoms with van der Waals surface area (Å²) in [7, 11) is -1.33. The smallest absolute Gasteiger partial charge is 0.235 e. The fourth-order valence-electron chi connectivity index (χ4n) is 2.27. The lowest BCUT2D eigenvalue weighted by Gasteiger charge is -2.27. The van der Waals surface area contributed by atoms with Crippen LogP contribution < -0.4 is 5.73 Å². The second-order valence-corrected chi connectivity index (χ2v) is 7.59. The Hall–Kier alpha value is -0.690. The van der Waals surface area contributed by atoms with Crippen LogP contribution in [0, 0.1) is 5.41 Å². The van der Waals surface area contributed by atoms with Crippen LogP contribution in [0.2, 0.25) is 0 Å².